The summed E-state index contributed by atoms with van der Waals surface area (Å²) in [6.45, 7) is 4.76. The number of anilines is 2. The Bertz CT molecular complexity index is 1030. The summed E-state index contributed by atoms with van der Waals surface area (Å²) in [4.78, 5) is 16.8. The van der Waals surface area contributed by atoms with E-state index in [1.165, 1.54) is 35.6 Å². The van der Waals surface area contributed by atoms with Gasteiger partial charge in [0.15, 0.2) is 0 Å². The van der Waals surface area contributed by atoms with Gasteiger partial charge in [-0.2, -0.15) is 0 Å². The number of nitrogens with one attached hydrogen (secondary N) is 1. The molecule has 1 N–H and O–H groups in total. The Morgan fingerprint density at radius 3 is 2.52 bits per heavy atom. The highest BCUT2D eigenvalue weighted by molar-refractivity contribution is 7.15. The smallest absolute Gasteiger partial charge is 0.241 e. The molecule has 0 bridgehead atoms. The summed E-state index contributed by atoms with van der Waals surface area (Å²) in [5.41, 5.74) is 1.45. The summed E-state index contributed by atoms with van der Waals surface area (Å²) < 4.78 is 26.4. The SMILES string of the molecule is CC(C(=O)Nc1cccc(F)c1)N1CCN(c2nnc(Cc3ccc(F)cc3)s2)CC1. The van der Waals surface area contributed by atoms with Crippen LogP contribution in [-0.2, 0) is 11.2 Å². The second-order valence-electron chi connectivity index (χ2n) is 7.48. The number of nitrogens with zero attached hydrogens (tertiary/aromatic N) is 4. The Labute approximate surface area is 183 Å². The van der Waals surface area contributed by atoms with Gasteiger partial charge in [-0.25, -0.2) is 8.78 Å². The van der Waals surface area contributed by atoms with Crippen molar-refractivity contribution in [2.24, 2.45) is 0 Å². The molecule has 1 aliphatic rings. The molecule has 1 aromatic heterocycles. The van der Waals surface area contributed by atoms with Gasteiger partial charge >= 0.3 is 0 Å². The predicted octanol–water partition coefficient (Wildman–Crippen LogP) is 3.56. The Kier molecular flexibility index (Phi) is 6.53. The van der Waals surface area contributed by atoms with Crippen LogP contribution in [0.1, 0.15) is 17.5 Å². The number of benzene rings is 2. The molecule has 3 aromatic rings. The Hall–Kier alpha value is -2.91. The molecule has 0 radical (unpaired) electrons. The molecule has 1 amide bonds. The lowest BCUT2D eigenvalue weighted by Crippen LogP contribution is -2.52. The molecule has 4 rings (SSSR count). The van der Waals surface area contributed by atoms with Crippen LogP contribution in [0.4, 0.5) is 19.6 Å². The van der Waals surface area contributed by atoms with E-state index in [4.69, 9.17) is 0 Å². The van der Waals surface area contributed by atoms with E-state index in [-0.39, 0.29) is 23.6 Å². The minimum atomic E-state index is -0.380. The van der Waals surface area contributed by atoms with Crippen LogP contribution in [0, 0.1) is 11.6 Å². The fraction of sp³-hybridized carbons (Fsp3) is 0.318. The summed E-state index contributed by atoms with van der Waals surface area (Å²) in [7, 11) is 0. The van der Waals surface area contributed by atoms with Crippen LogP contribution >= 0.6 is 11.3 Å². The quantitative estimate of drug-likeness (QED) is 0.631. The topological polar surface area (TPSA) is 61.4 Å². The van der Waals surface area contributed by atoms with Crippen LogP contribution in [0.25, 0.3) is 0 Å². The fourth-order valence-electron chi connectivity index (χ4n) is 3.50. The number of rotatable bonds is 6. The van der Waals surface area contributed by atoms with E-state index in [1.54, 1.807) is 24.3 Å². The Balaban J connectivity index is 1.29. The summed E-state index contributed by atoms with van der Waals surface area (Å²) >= 11 is 1.53. The standard InChI is InChI=1S/C22H23F2N5OS/c1-15(21(30)25-19-4-2-3-18(24)14-19)28-9-11-29(12-10-28)22-27-26-20(31-22)13-16-5-7-17(23)8-6-16/h2-8,14-15H,9-13H2,1H3,(H,25,30). The van der Waals surface area contributed by atoms with Gasteiger partial charge in [0.25, 0.3) is 0 Å². The molecule has 0 saturated carbocycles. The first-order valence-corrected chi connectivity index (χ1v) is 10.9. The van der Waals surface area contributed by atoms with Gasteiger partial charge in [0.05, 0.1) is 6.04 Å². The average molecular weight is 444 g/mol. The highest BCUT2D eigenvalue weighted by atomic mass is 32.1. The van der Waals surface area contributed by atoms with Crippen LogP contribution in [0.2, 0.25) is 0 Å². The van der Waals surface area contributed by atoms with Crippen LogP contribution in [0.5, 0.6) is 0 Å². The number of amides is 1. The average Bonchev–Trinajstić information content (AvgIpc) is 3.23. The molecule has 162 valence electrons. The second kappa shape index (κ2) is 9.49. The van der Waals surface area contributed by atoms with Gasteiger partial charge in [-0.1, -0.05) is 29.5 Å². The van der Waals surface area contributed by atoms with Crippen molar-refractivity contribution in [2.45, 2.75) is 19.4 Å². The monoisotopic (exact) mass is 443 g/mol. The fourth-order valence-corrected chi connectivity index (χ4v) is 4.42. The largest absolute Gasteiger partial charge is 0.344 e. The molecule has 6 nitrogen and oxygen atoms in total. The molecular formula is C22H23F2N5OS. The van der Waals surface area contributed by atoms with Crippen molar-refractivity contribution in [3.63, 3.8) is 0 Å². The molecule has 2 aromatic carbocycles. The Morgan fingerprint density at radius 1 is 1.06 bits per heavy atom. The molecule has 0 spiro atoms. The highest BCUT2D eigenvalue weighted by Crippen LogP contribution is 2.24. The number of aromatic nitrogens is 2. The number of hydrogen-bond acceptors (Lipinski definition) is 6. The maximum atomic E-state index is 13.3. The molecule has 1 unspecified atom stereocenters. The normalized spacial score (nSPS) is 15.6. The number of halogens is 2. The van der Waals surface area contributed by atoms with Crippen molar-refractivity contribution in [2.75, 3.05) is 36.4 Å². The Morgan fingerprint density at radius 2 is 1.81 bits per heavy atom. The third kappa shape index (κ3) is 5.42. The van der Waals surface area contributed by atoms with Crippen LogP contribution in [0.15, 0.2) is 48.5 Å². The summed E-state index contributed by atoms with van der Waals surface area (Å²) in [6, 6.07) is 12.0. The van der Waals surface area contributed by atoms with E-state index in [2.05, 4.69) is 25.3 Å². The summed E-state index contributed by atoms with van der Waals surface area (Å²) in [5, 5.41) is 13.1. The lowest BCUT2D eigenvalue weighted by atomic mass is 10.2. The van der Waals surface area contributed by atoms with Crippen molar-refractivity contribution in [1.82, 2.24) is 15.1 Å². The van der Waals surface area contributed by atoms with Crippen molar-refractivity contribution in [3.8, 4) is 0 Å². The van der Waals surface area contributed by atoms with E-state index < -0.39 is 0 Å². The first-order chi connectivity index (χ1) is 15.0. The summed E-state index contributed by atoms with van der Waals surface area (Å²) in [6.07, 6.45) is 0.620. The third-order valence-corrected chi connectivity index (χ3v) is 6.31. The number of hydrogen-bond donors (Lipinski definition) is 1. The van der Waals surface area contributed by atoms with Crippen molar-refractivity contribution in [1.29, 1.82) is 0 Å². The van der Waals surface area contributed by atoms with E-state index in [1.807, 2.05) is 6.92 Å². The third-order valence-electron chi connectivity index (χ3n) is 5.33. The van der Waals surface area contributed by atoms with E-state index in [0.29, 0.717) is 25.2 Å². The number of carbonyl (C=O) groups is 1. The molecule has 1 atom stereocenters. The van der Waals surface area contributed by atoms with Crippen LogP contribution < -0.4 is 10.2 Å². The lowest BCUT2D eigenvalue weighted by molar-refractivity contribution is -0.120. The zero-order chi connectivity index (χ0) is 21.8. The van der Waals surface area contributed by atoms with Gasteiger partial charge in [0.1, 0.15) is 16.6 Å². The zero-order valence-corrected chi connectivity index (χ0v) is 17.9. The van der Waals surface area contributed by atoms with Gasteiger partial charge in [0.2, 0.25) is 11.0 Å². The maximum absolute atomic E-state index is 13.3. The molecule has 31 heavy (non-hydrogen) atoms. The zero-order valence-electron chi connectivity index (χ0n) is 17.1. The molecule has 9 heteroatoms. The lowest BCUT2D eigenvalue weighted by Gasteiger charge is -2.37. The van der Waals surface area contributed by atoms with Crippen molar-refractivity contribution < 1.29 is 13.6 Å². The van der Waals surface area contributed by atoms with Gasteiger partial charge in [0, 0.05) is 38.3 Å². The first kappa shape index (κ1) is 21.3. The highest BCUT2D eigenvalue weighted by Gasteiger charge is 2.27. The van der Waals surface area contributed by atoms with Gasteiger partial charge in [-0.15, -0.1) is 10.2 Å². The van der Waals surface area contributed by atoms with Gasteiger partial charge in [-0.3, -0.25) is 9.69 Å². The molecule has 0 aliphatic carbocycles. The maximum Gasteiger partial charge on any atom is 0.241 e. The van der Waals surface area contributed by atoms with E-state index in [9.17, 15) is 13.6 Å². The number of carbonyl (C=O) groups excluding carboxylic acids is 1. The molecule has 2 heterocycles. The second-order valence-corrected chi connectivity index (χ2v) is 8.52. The summed E-state index contributed by atoms with van der Waals surface area (Å²) in [5.74, 6) is -0.787. The van der Waals surface area contributed by atoms with Crippen LogP contribution in [0.3, 0.4) is 0 Å². The van der Waals surface area contributed by atoms with E-state index >= 15 is 0 Å². The molecular weight excluding hydrogens is 420 g/mol. The van der Waals surface area contributed by atoms with Crippen LogP contribution in [-0.4, -0.2) is 53.2 Å². The van der Waals surface area contributed by atoms with E-state index in [0.717, 1.165) is 28.8 Å². The molecule has 1 saturated heterocycles. The first-order valence-electron chi connectivity index (χ1n) is 10.1. The molecule has 1 fully saturated rings. The predicted molar refractivity (Wildman–Crippen MR) is 117 cm³/mol. The van der Waals surface area contributed by atoms with Gasteiger partial charge < -0.3 is 10.2 Å². The van der Waals surface area contributed by atoms with Crippen molar-refractivity contribution in [3.05, 3.63) is 70.7 Å². The van der Waals surface area contributed by atoms with Gasteiger partial charge in [-0.05, 0) is 42.8 Å². The molecule has 1 aliphatic heterocycles. The minimum absolute atomic E-state index is 0.156. The van der Waals surface area contributed by atoms with Crippen molar-refractivity contribution >= 4 is 28.1 Å². The number of piperazine rings is 1. The minimum Gasteiger partial charge on any atom is -0.344 e.